The first-order chi connectivity index (χ1) is 10.5. The van der Waals surface area contributed by atoms with Crippen LogP contribution in [0.2, 0.25) is 0 Å². The topological polar surface area (TPSA) is 12.4 Å². The Morgan fingerprint density at radius 1 is 1.09 bits per heavy atom. The first-order valence-electron chi connectivity index (χ1n) is 8.08. The number of nitrogens with zero attached hydrogens (tertiary/aromatic N) is 1. The van der Waals surface area contributed by atoms with Crippen molar-refractivity contribution in [3.05, 3.63) is 65.4 Å². The molecule has 1 unspecified atom stereocenters. The van der Waals surface area contributed by atoms with Crippen molar-refractivity contribution in [3.8, 4) is 0 Å². The molecule has 1 heteroatoms. The molecule has 0 bridgehead atoms. The molecule has 1 nitrogen and oxygen atoms in total. The van der Waals surface area contributed by atoms with E-state index in [0.717, 1.165) is 12.1 Å². The Balaban J connectivity index is 2.85. The molecule has 0 aliphatic rings. The van der Waals surface area contributed by atoms with Crippen molar-refractivity contribution >= 4 is 11.3 Å². The molecule has 0 saturated heterocycles. The molecule has 118 valence electrons. The first-order valence-corrected chi connectivity index (χ1v) is 8.08. The molecular weight excluding hydrogens is 266 g/mol. The van der Waals surface area contributed by atoms with Gasteiger partial charge in [0.1, 0.15) is 0 Å². The molecule has 0 aromatic heterocycles. The minimum atomic E-state index is 0.509. The van der Waals surface area contributed by atoms with Gasteiger partial charge in [0.2, 0.25) is 0 Å². The monoisotopic (exact) mass is 295 g/mol. The summed E-state index contributed by atoms with van der Waals surface area (Å²) in [7, 11) is 0. The van der Waals surface area contributed by atoms with Gasteiger partial charge >= 0.3 is 0 Å². The van der Waals surface area contributed by atoms with Crippen LogP contribution in [0.15, 0.2) is 64.8 Å². The third kappa shape index (κ3) is 5.85. The van der Waals surface area contributed by atoms with Gasteiger partial charge in [0, 0.05) is 11.4 Å². The van der Waals surface area contributed by atoms with E-state index < -0.39 is 0 Å². The van der Waals surface area contributed by atoms with Gasteiger partial charge in [0.15, 0.2) is 0 Å². The van der Waals surface area contributed by atoms with E-state index in [1.54, 1.807) is 0 Å². The van der Waals surface area contributed by atoms with Gasteiger partial charge in [-0.25, -0.2) is 0 Å². The summed E-state index contributed by atoms with van der Waals surface area (Å²) in [5, 5.41) is 0. The van der Waals surface area contributed by atoms with Crippen LogP contribution in [0.1, 0.15) is 53.5 Å². The fourth-order valence-electron chi connectivity index (χ4n) is 2.26. The molecule has 1 aromatic rings. The average molecular weight is 295 g/mol. The van der Waals surface area contributed by atoms with Crippen LogP contribution < -0.4 is 0 Å². The molecule has 22 heavy (non-hydrogen) atoms. The molecule has 0 aliphatic heterocycles. The SMILES string of the molecule is CCC(C)C(N=C(C)/C=C\C=C(/C)c1ccccc1)=C(C)C. The quantitative estimate of drug-likeness (QED) is 0.422. The van der Waals surface area contributed by atoms with E-state index in [9.17, 15) is 0 Å². The lowest BCUT2D eigenvalue weighted by Gasteiger charge is -2.12. The molecule has 0 amide bonds. The predicted molar refractivity (Wildman–Crippen MR) is 100 cm³/mol. The van der Waals surface area contributed by atoms with Gasteiger partial charge in [0.05, 0.1) is 0 Å². The molecule has 0 radical (unpaired) electrons. The fourth-order valence-corrected chi connectivity index (χ4v) is 2.26. The van der Waals surface area contributed by atoms with E-state index in [2.05, 4.69) is 84.0 Å². The molecular formula is C21H29N. The second-order valence-electron chi connectivity index (χ2n) is 6.02. The zero-order chi connectivity index (χ0) is 16.5. The van der Waals surface area contributed by atoms with Gasteiger partial charge in [-0.15, -0.1) is 0 Å². The Labute approximate surface area is 136 Å². The molecule has 1 rings (SSSR count). The van der Waals surface area contributed by atoms with E-state index in [1.807, 2.05) is 6.07 Å². The Hall–Kier alpha value is -1.89. The zero-order valence-electron chi connectivity index (χ0n) is 14.9. The van der Waals surface area contributed by atoms with Gasteiger partial charge in [-0.3, -0.25) is 4.99 Å². The summed E-state index contributed by atoms with van der Waals surface area (Å²) >= 11 is 0. The van der Waals surface area contributed by atoms with Crippen molar-refractivity contribution in [2.75, 3.05) is 0 Å². The van der Waals surface area contributed by atoms with Crippen LogP contribution in [0.25, 0.3) is 5.57 Å². The standard InChI is InChI=1S/C21H29N/c1-7-17(4)21(16(2)3)22-19(6)13-11-12-18(5)20-14-9-8-10-15-20/h8-15,17H,7H2,1-6H3/b13-11-,18-12+,22-19?. The summed E-state index contributed by atoms with van der Waals surface area (Å²) in [5.41, 5.74) is 6.08. The molecule has 0 N–H and O–H groups in total. The smallest absolute Gasteiger partial charge is 0.0421 e. The third-order valence-electron chi connectivity index (χ3n) is 3.80. The number of hydrogen-bond acceptors (Lipinski definition) is 1. The van der Waals surface area contributed by atoms with Crippen LogP contribution in [0, 0.1) is 5.92 Å². The summed E-state index contributed by atoms with van der Waals surface area (Å²) in [4.78, 5) is 4.80. The Kier molecular flexibility index (Phi) is 7.59. The van der Waals surface area contributed by atoms with E-state index in [-0.39, 0.29) is 0 Å². The Morgan fingerprint density at radius 3 is 2.27 bits per heavy atom. The molecule has 0 aliphatic carbocycles. The average Bonchev–Trinajstić information content (AvgIpc) is 2.52. The Bertz CT molecular complexity index is 582. The van der Waals surface area contributed by atoms with Gasteiger partial charge in [-0.2, -0.15) is 0 Å². The maximum atomic E-state index is 4.80. The lowest BCUT2D eigenvalue weighted by molar-refractivity contribution is 0.641. The van der Waals surface area contributed by atoms with Crippen LogP contribution in [-0.2, 0) is 0 Å². The highest BCUT2D eigenvalue weighted by Gasteiger charge is 2.06. The maximum absolute atomic E-state index is 4.80. The predicted octanol–water partition coefficient (Wildman–Crippen LogP) is 6.45. The summed E-state index contributed by atoms with van der Waals surface area (Å²) in [6.45, 7) is 12.9. The number of allylic oxidation sites excluding steroid dienone is 6. The maximum Gasteiger partial charge on any atom is 0.0421 e. The van der Waals surface area contributed by atoms with Crippen molar-refractivity contribution in [2.45, 2.75) is 48.0 Å². The molecule has 1 aromatic carbocycles. The minimum absolute atomic E-state index is 0.509. The third-order valence-corrected chi connectivity index (χ3v) is 3.80. The van der Waals surface area contributed by atoms with Gasteiger partial charge in [0.25, 0.3) is 0 Å². The molecule has 0 heterocycles. The second kappa shape index (κ2) is 9.19. The van der Waals surface area contributed by atoms with Crippen molar-refractivity contribution in [1.29, 1.82) is 0 Å². The number of rotatable bonds is 6. The fraction of sp³-hybridized carbons (Fsp3) is 0.381. The summed E-state index contributed by atoms with van der Waals surface area (Å²) < 4.78 is 0. The largest absolute Gasteiger partial charge is 0.258 e. The highest BCUT2D eigenvalue weighted by Crippen LogP contribution is 2.20. The lowest BCUT2D eigenvalue weighted by atomic mass is 10.0. The number of hydrogen-bond donors (Lipinski definition) is 0. The number of benzene rings is 1. The van der Waals surface area contributed by atoms with Gasteiger partial charge in [-0.05, 0) is 57.2 Å². The van der Waals surface area contributed by atoms with Gasteiger partial charge in [-0.1, -0.05) is 61.9 Å². The molecule has 0 spiro atoms. The van der Waals surface area contributed by atoms with E-state index in [4.69, 9.17) is 4.99 Å². The van der Waals surface area contributed by atoms with Crippen molar-refractivity contribution in [2.24, 2.45) is 10.9 Å². The minimum Gasteiger partial charge on any atom is -0.258 e. The van der Waals surface area contributed by atoms with E-state index >= 15 is 0 Å². The van der Waals surface area contributed by atoms with Crippen molar-refractivity contribution in [3.63, 3.8) is 0 Å². The Morgan fingerprint density at radius 2 is 1.73 bits per heavy atom. The molecule has 0 fully saturated rings. The normalized spacial score (nSPS) is 14.3. The second-order valence-corrected chi connectivity index (χ2v) is 6.02. The summed E-state index contributed by atoms with van der Waals surface area (Å²) in [6.07, 6.45) is 7.42. The summed E-state index contributed by atoms with van der Waals surface area (Å²) in [5.74, 6) is 0.509. The lowest BCUT2D eigenvalue weighted by Crippen LogP contribution is -2.00. The highest BCUT2D eigenvalue weighted by atomic mass is 14.8. The van der Waals surface area contributed by atoms with Crippen molar-refractivity contribution in [1.82, 2.24) is 0 Å². The van der Waals surface area contributed by atoms with Crippen LogP contribution in [0.5, 0.6) is 0 Å². The highest BCUT2D eigenvalue weighted by molar-refractivity contribution is 5.94. The van der Waals surface area contributed by atoms with Gasteiger partial charge < -0.3 is 0 Å². The van der Waals surface area contributed by atoms with Crippen LogP contribution in [0.3, 0.4) is 0 Å². The van der Waals surface area contributed by atoms with Crippen molar-refractivity contribution < 1.29 is 0 Å². The van der Waals surface area contributed by atoms with Crippen LogP contribution in [-0.4, -0.2) is 5.71 Å². The van der Waals surface area contributed by atoms with E-state index in [0.29, 0.717) is 5.92 Å². The van der Waals surface area contributed by atoms with Crippen LogP contribution >= 0.6 is 0 Å². The first kappa shape index (κ1) is 18.2. The zero-order valence-corrected chi connectivity index (χ0v) is 14.9. The summed E-state index contributed by atoms with van der Waals surface area (Å²) in [6, 6.07) is 10.4. The number of aliphatic imine (C=N–C) groups is 1. The van der Waals surface area contributed by atoms with Crippen LogP contribution in [0.4, 0.5) is 0 Å². The molecule has 0 saturated carbocycles. The van der Waals surface area contributed by atoms with E-state index in [1.165, 1.54) is 22.4 Å². The molecule has 1 atom stereocenters.